The van der Waals surface area contributed by atoms with Gasteiger partial charge >= 0.3 is 0 Å². The predicted molar refractivity (Wildman–Crippen MR) is 139 cm³/mol. The van der Waals surface area contributed by atoms with E-state index in [0.717, 1.165) is 29.7 Å². The molecular weight excluding hydrogens is 473 g/mol. The number of likely N-dealkylation sites (tertiary alicyclic amines) is 1. The predicted octanol–water partition coefficient (Wildman–Crippen LogP) is 4.02. The Labute approximate surface area is 214 Å². The number of nitrogens with one attached hydrogen (secondary N) is 3. The van der Waals surface area contributed by atoms with Gasteiger partial charge < -0.3 is 10.6 Å². The summed E-state index contributed by atoms with van der Waals surface area (Å²) in [5.74, 6) is 0.491. The average Bonchev–Trinajstić information content (AvgIpc) is 3.51. The fourth-order valence-corrected chi connectivity index (χ4v) is 4.35. The third kappa shape index (κ3) is 6.45. The van der Waals surface area contributed by atoms with Crippen LogP contribution in [0, 0.1) is 0 Å². The minimum Gasteiger partial charge on any atom is -0.309 e. The molecule has 2 atom stereocenters. The summed E-state index contributed by atoms with van der Waals surface area (Å²) in [7, 11) is 0. The molecule has 2 aromatic heterocycles. The fraction of sp³-hybridized carbons (Fsp3) is 0.370. The second kappa shape index (κ2) is 11.0. The normalized spacial score (nSPS) is 18.7. The van der Waals surface area contributed by atoms with Crippen molar-refractivity contribution in [2.45, 2.75) is 44.2 Å². The van der Waals surface area contributed by atoms with E-state index in [9.17, 15) is 14.0 Å². The number of hydrogen-bond acceptors (Lipinski definition) is 6. The van der Waals surface area contributed by atoms with Gasteiger partial charge in [0.15, 0.2) is 11.6 Å². The highest BCUT2D eigenvalue weighted by atomic mass is 19.1. The van der Waals surface area contributed by atoms with Crippen LogP contribution in [-0.2, 0) is 9.59 Å². The maximum atomic E-state index is 13.3. The zero-order chi connectivity index (χ0) is 25.8. The summed E-state index contributed by atoms with van der Waals surface area (Å²) in [5.41, 5.74) is 3.24. The maximum absolute atomic E-state index is 13.3. The van der Waals surface area contributed by atoms with Gasteiger partial charge in [-0.3, -0.25) is 24.6 Å². The summed E-state index contributed by atoms with van der Waals surface area (Å²) >= 11 is 0. The van der Waals surface area contributed by atoms with Crippen molar-refractivity contribution in [3.05, 3.63) is 66.1 Å². The number of hydrogen-bond donors (Lipinski definition) is 3. The number of amides is 2. The molecule has 1 saturated carbocycles. The number of rotatable bonds is 9. The molecule has 2 amide bonds. The maximum Gasteiger partial charge on any atom is 0.249 e. The highest BCUT2D eigenvalue weighted by Gasteiger charge is 2.26. The quantitative estimate of drug-likeness (QED) is 0.380. The minimum absolute atomic E-state index is 0.152. The highest BCUT2D eigenvalue weighted by molar-refractivity contribution is 5.98. The Hall–Kier alpha value is -3.92. The lowest BCUT2D eigenvalue weighted by Crippen LogP contribution is -2.21. The standard InChI is InChI=1S/C27H30FN7O2/c1-17(27(37)32-24-13-22(33-34-24)18-7-8-18)19-4-2-5-20(12-19)23-14-29-15-25(30-23)31-26(36)6-3-10-35-11-9-21(28)16-35/h2-6,12-15,17-18,21H,7-11,16H2,1H3,(H,30,31,36)(H2,32,33,34,37)/b6-3+/t17?,21-/m0/s1. The Morgan fingerprint density at radius 1 is 1.19 bits per heavy atom. The van der Waals surface area contributed by atoms with Gasteiger partial charge in [-0.05, 0) is 37.8 Å². The summed E-state index contributed by atoms with van der Waals surface area (Å²) in [6.45, 7) is 3.47. The second-order valence-electron chi connectivity index (χ2n) is 9.65. The first kappa shape index (κ1) is 24.8. The van der Waals surface area contributed by atoms with E-state index < -0.39 is 12.1 Å². The highest BCUT2D eigenvalue weighted by Crippen LogP contribution is 2.39. The van der Waals surface area contributed by atoms with Crippen LogP contribution in [0.15, 0.2) is 54.9 Å². The number of aromatic nitrogens is 4. The van der Waals surface area contributed by atoms with Gasteiger partial charge in [0.25, 0.3) is 0 Å². The fourth-order valence-electron chi connectivity index (χ4n) is 4.35. The number of halogens is 1. The Kier molecular flexibility index (Phi) is 7.36. The Balaban J connectivity index is 1.20. The van der Waals surface area contributed by atoms with Gasteiger partial charge in [-0.25, -0.2) is 9.37 Å². The van der Waals surface area contributed by atoms with E-state index in [1.54, 1.807) is 12.3 Å². The molecule has 1 unspecified atom stereocenters. The van der Waals surface area contributed by atoms with Crippen molar-refractivity contribution >= 4 is 23.5 Å². The first-order valence-corrected chi connectivity index (χ1v) is 12.6. The van der Waals surface area contributed by atoms with Crippen molar-refractivity contribution in [1.29, 1.82) is 0 Å². The number of aromatic amines is 1. The largest absolute Gasteiger partial charge is 0.309 e. The van der Waals surface area contributed by atoms with Crippen molar-refractivity contribution in [3.63, 3.8) is 0 Å². The van der Waals surface area contributed by atoms with Gasteiger partial charge in [0.1, 0.15) is 6.17 Å². The summed E-state index contributed by atoms with van der Waals surface area (Å²) in [6.07, 6.45) is 8.30. The van der Waals surface area contributed by atoms with E-state index >= 15 is 0 Å². The van der Waals surface area contributed by atoms with Gasteiger partial charge in [-0.1, -0.05) is 24.3 Å². The van der Waals surface area contributed by atoms with Crippen LogP contribution in [0.2, 0.25) is 0 Å². The number of carbonyl (C=O) groups is 2. The molecule has 1 aliphatic carbocycles. The first-order chi connectivity index (χ1) is 17.9. The molecule has 192 valence electrons. The number of benzene rings is 1. The van der Waals surface area contributed by atoms with E-state index in [1.807, 2.05) is 42.2 Å². The van der Waals surface area contributed by atoms with Crippen molar-refractivity contribution in [3.8, 4) is 11.3 Å². The Morgan fingerprint density at radius 2 is 2.05 bits per heavy atom. The molecule has 37 heavy (non-hydrogen) atoms. The van der Waals surface area contributed by atoms with Crippen LogP contribution in [0.25, 0.3) is 11.3 Å². The minimum atomic E-state index is -0.785. The molecule has 0 spiro atoms. The number of carbonyl (C=O) groups excluding carboxylic acids is 2. The molecule has 1 aromatic carbocycles. The van der Waals surface area contributed by atoms with Gasteiger partial charge in [-0.2, -0.15) is 5.10 Å². The summed E-state index contributed by atoms with van der Waals surface area (Å²) in [5, 5.41) is 12.8. The van der Waals surface area contributed by atoms with Gasteiger partial charge in [0.2, 0.25) is 11.8 Å². The summed E-state index contributed by atoms with van der Waals surface area (Å²) in [6, 6.07) is 9.43. The molecule has 3 aromatic rings. The molecule has 3 heterocycles. The van der Waals surface area contributed by atoms with E-state index in [-0.39, 0.29) is 11.8 Å². The molecule has 1 saturated heterocycles. The molecule has 5 rings (SSSR count). The molecule has 0 bridgehead atoms. The van der Waals surface area contributed by atoms with Crippen molar-refractivity contribution in [2.24, 2.45) is 0 Å². The van der Waals surface area contributed by atoms with E-state index in [4.69, 9.17) is 0 Å². The molecule has 0 radical (unpaired) electrons. The lowest BCUT2D eigenvalue weighted by atomic mass is 9.97. The van der Waals surface area contributed by atoms with Gasteiger partial charge in [-0.15, -0.1) is 0 Å². The van der Waals surface area contributed by atoms with Crippen LogP contribution in [0.3, 0.4) is 0 Å². The second-order valence-corrected chi connectivity index (χ2v) is 9.65. The van der Waals surface area contributed by atoms with Crippen LogP contribution >= 0.6 is 0 Å². The van der Waals surface area contributed by atoms with Crippen LogP contribution in [0.4, 0.5) is 16.0 Å². The third-order valence-electron chi connectivity index (χ3n) is 6.68. The monoisotopic (exact) mass is 503 g/mol. The van der Waals surface area contributed by atoms with Crippen LogP contribution in [0.1, 0.15) is 49.3 Å². The smallest absolute Gasteiger partial charge is 0.249 e. The summed E-state index contributed by atoms with van der Waals surface area (Å²) < 4.78 is 13.3. The van der Waals surface area contributed by atoms with E-state index in [1.165, 1.54) is 12.3 Å². The average molecular weight is 504 g/mol. The van der Waals surface area contributed by atoms with E-state index in [2.05, 4.69) is 30.8 Å². The first-order valence-electron chi connectivity index (χ1n) is 12.6. The molecule has 3 N–H and O–H groups in total. The van der Waals surface area contributed by atoms with Crippen molar-refractivity contribution in [2.75, 3.05) is 30.3 Å². The number of anilines is 2. The SMILES string of the molecule is CC(C(=O)Nc1cc(C2CC2)[nH]n1)c1cccc(-c2cncc(NC(=O)/C=C/CN3CC[C@H](F)C3)n2)c1. The van der Waals surface area contributed by atoms with Crippen molar-refractivity contribution < 1.29 is 14.0 Å². The molecular formula is C27H30FN7O2. The number of alkyl halides is 1. The van der Waals surface area contributed by atoms with Crippen molar-refractivity contribution in [1.82, 2.24) is 25.1 Å². The van der Waals surface area contributed by atoms with E-state index in [0.29, 0.717) is 49.3 Å². The summed E-state index contributed by atoms with van der Waals surface area (Å²) in [4.78, 5) is 35.8. The topological polar surface area (TPSA) is 116 Å². The lowest BCUT2D eigenvalue weighted by Gasteiger charge is -2.13. The molecule has 1 aliphatic heterocycles. The molecule has 10 heteroatoms. The zero-order valence-corrected chi connectivity index (χ0v) is 20.7. The Morgan fingerprint density at radius 3 is 2.84 bits per heavy atom. The lowest BCUT2D eigenvalue weighted by molar-refractivity contribution is -0.117. The van der Waals surface area contributed by atoms with Crippen LogP contribution in [0.5, 0.6) is 0 Å². The molecule has 2 fully saturated rings. The van der Waals surface area contributed by atoms with Gasteiger partial charge in [0, 0.05) is 49.0 Å². The number of nitrogens with zero attached hydrogens (tertiary/aromatic N) is 4. The zero-order valence-electron chi connectivity index (χ0n) is 20.7. The van der Waals surface area contributed by atoms with Crippen LogP contribution < -0.4 is 10.6 Å². The third-order valence-corrected chi connectivity index (χ3v) is 6.68. The van der Waals surface area contributed by atoms with Gasteiger partial charge in [0.05, 0.1) is 24.0 Å². The molecule has 9 nitrogen and oxygen atoms in total. The Bertz CT molecular complexity index is 1300. The molecule has 2 aliphatic rings. The number of H-pyrrole nitrogens is 1. The van der Waals surface area contributed by atoms with Crippen LogP contribution in [-0.4, -0.2) is 62.7 Å².